The van der Waals surface area contributed by atoms with E-state index < -0.39 is 0 Å². The van der Waals surface area contributed by atoms with Gasteiger partial charge in [0.15, 0.2) is 5.78 Å². The van der Waals surface area contributed by atoms with Gasteiger partial charge in [0.05, 0.1) is 29.6 Å². The van der Waals surface area contributed by atoms with Crippen LogP contribution in [0.5, 0.6) is 0 Å². The number of rotatable bonds is 3. The number of aliphatic hydroxyl groups is 1. The van der Waals surface area contributed by atoms with Crippen LogP contribution in [0.2, 0.25) is 10.0 Å². The van der Waals surface area contributed by atoms with Crippen molar-refractivity contribution in [3.05, 3.63) is 63.3 Å². The van der Waals surface area contributed by atoms with Gasteiger partial charge in [-0.1, -0.05) is 48.3 Å². The van der Waals surface area contributed by atoms with Crippen LogP contribution in [-0.4, -0.2) is 23.1 Å². The van der Waals surface area contributed by atoms with Crippen molar-refractivity contribution in [1.29, 1.82) is 0 Å². The molecule has 144 valence electrons. The number of fused-ring (bicyclic) bond motifs is 5. The topological polar surface area (TPSA) is 46.5 Å². The summed E-state index contributed by atoms with van der Waals surface area (Å²) in [4.78, 5) is 13.3. The number of aryl methyl sites for hydroxylation is 1. The Balaban J connectivity index is 1.64. The van der Waals surface area contributed by atoms with Gasteiger partial charge in [-0.25, -0.2) is 0 Å². The predicted molar refractivity (Wildman–Crippen MR) is 111 cm³/mol. The summed E-state index contributed by atoms with van der Waals surface area (Å²) in [6, 6.07) is 11.4. The molecule has 1 aliphatic carbocycles. The van der Waals surface area contributed by atoms with Gasteiger partial charge < -0.3 is 9.84 Å². The molecule has 2 heterocycles. The summed E-state index contributed by atoms with van der Waals surface area (Å²) in [5.41, 5.74) is 4.07. The number of ether oxygens (including phenoxy) is 1. The standard InChI is InChI=1S/C23H20Cl2O3/c1-2-11-3-4-12(14-6-5-13(24)10-16(14)25)9-15(11)19-22(26)20-17-7-8-18(28-17)21(20)23(19)27/h3-6,9-10,17-18,20-21,26H,2,7-8H2,1H3/t17-,18+,20-,21+/m1/s1. The van der Waals surface area contributed by atoms with Crippen LogP contribution in [0, 0.1) is 11.8 Å². The summed E-state index contributed by atoms with van der Waals surface area (Å²) in [6.07, 6.45) is 2.50. The average Bonchev–Trinajstić information content (AvgIpc) is 3.35. The first-order valence-corrected chi connectivity index (χ1v) is 10.5. The Morgan fingerprint density at radius 3 is 2.46 bits per heavy atom. The Bertz CT molecular complexity index is 1030. The minimum atomic E-state index is -0.235. The molecule has 0 amide bonds. The van der Waals surface area contributed by atoms with E-state index in [1.54, 1.807) is 12.1 Å². The largest absolute Gasteiger partial charge is 0.511 e. The molecule has 2 fully saturated rings. The Hall–Kier alpha value is -1.81. The highest BCUT2D eigenvalue weighted by Crippen LogP contribution is 2.54. The molecule has 2 saturated heterocycles. The highest BCUT2D eigenvalue weighted by Gasteiger charge is 2.59. The van der Waals surface area contributed by atoms with Crippen molar-refractivity contribution >= 4 is 34.6 Å². The minimum Gasteiger partial charge on any atom is -0.511 e. The van der Waals surface area contributed by atoms with E-state index in [0.717, 1.165) is 41.5 Å². The number of hydrogen-bond acceptors (Lipinski definition) is 3. The van der Waals surface area contributed by atoms with Gasteiger partial charge in [0.1, 0.15) is 5.76 Å². The van der Waals surface area contributed by atoms with E-state index in [4.69, 9.17) is 27.9 Å². The fourth-order valence-corrected chi connectivity index (χ4v) is 5.61. The monoisotopic (exact) mass is 414 g/mol. The number of aliphatic hydroxyl groups excluding tert-OH is 1. The van der Waals surface area contributed by atoms with Crippen LogP contribution in [0.15, 0.2) is 42.2 Å². The molecular formula is C23H20Cl2O3. The maximum absolute atomic E-state index is 13.3. The molecule has 0 radical (unpaired) electrons. The Morgan fingerprint density at radius 2 is 1.79 bits per heavy atom. The maximum Gasteiger partial charge on any atom is 0.173 e. The lowest BCUT2D eigenvalue weighted by Gasteiger charge is -2.19. The third-order valence-electron chi connectivity index (χ3n) is 6.40. The molecule has 2 aliphatic heterocycles. The third-order valence-corrected chi connectivity index (χ3v) is 6.94. The van der Waals surface area contributed by atoms with Gasteiger partial charge in [0, 0.05) is 15.6 Å². The molecule has 0 spiro atoms. The van der Waals surface area contributed by atoms with Gasteiger partial charge in [0.2, 0.25) is 0 Å². The van der Waals surface area contributed by atoms with Crippen LogP contribution < -0.4 is 0 Å². The quantitative estimate of drug-likeness (QED) is 0.682. The zero-order chi connectivity index (χ0) is 19.6. The second-order valence-electron chi connectivity index (χ2n) is 7.82. The highest BCUT2D eigenvalue weighted by atomic mass is 35.5. The first-order valence-electron chi connectivity index (χ1n) is 9.71. The van der Waals surface area contributed by atoms with Crippen LogP contribution >= 0.6 is 23.2 Å². The van der Waals surface area contributed by atoms with E-state index in [1.165, 1.54) is 0 Å². The average molecular weight is 415 g/mol. The SMILES string of the molecule is CCc1ccc(-c2ccc(Cl)cc2Cl)cc1C1=C(O)[C@H]2[C@@H](C1=O)[C@@H]1CC[C@H]2O1. The summed E-state index contributed by atoms with van der Waals surface area (Å²) in [7, 11) is 0. The van der Waals surface area contributed by atoms with Crippen LogP contribution in [0.25, 0.3) is 16.7 Å². The van der Waals surface area contributed by atoms with E-state index in [1.807, 2.05) is 24.3 Å². The predicted octanol–water partition coefficient (Wildman–Crippen LogP) is 5.87. The summed E-state index contributed by atoms with van der Waals surface area (Å²) in [5, 5.41) is 12.1. The van der Waals surface area contributed by atoms with Gasteiger partial charge in [-0.15, -0.1) is 0 Å². The number of carbonyl (C=O) groups is 1. The lowest BCUT2D eigenvalue weighted by atomic mass is 9.80. The summed E-state index contributed by atoms with van der Waals surface area (Å²) in [6.45, 7) is 2.05. The Morgan fingerprint density at radius 1 is 1.04 bits per heavy atom. The molecule has 2 aromatic carbocycles. The highest BCUT2D eigenvalue weighted by molar-refractivity contribution is 6.36. The number of benzene rings is 2. The van der Waals surface area contributed by atoms with Crippen LogP contribution in [0.3, 0.4) is 0 Å². The van der Waals surface area contributed by atoms with E-state index >= 15 is 0 Å². The van der Waals surface area contributed by atoms with Crippen LogP contribution in [0.1, 0.15) is 30.9 Å². The minimum absolute atomic E-state index is 0.0174. The molecule has 1 N–H and O–H groups in total. The molecule has 4 atom stereocenters. The number of carbonyl (C=O) groups excluding carboxylic acids is 1. The van der Waals surface area contributed by atoms with E-state index in [0.29, 0.717) is 15.6 Å². The van der Waals surface area contributed by atoms with Gasteiger partial charge in [0.25, 0.3) is 0 Å². The first kappa shape index (κ1) is 18.2. The van der Waals surface area contributed by atoms with Gasteiger partial charge in [-0.05, 0) is 54.2 Å². The number of ketones is 1. The maximum atomic E-state index is 13.3. The van der Waals surface area contributed by atoms with Crippen molar-refractivity contribution in [2.24, 2.45) is 11.8 Å². The summed E-state index contributed by atoms with van der Waals surface area (Å²) >= 11 is 12.4. The Labute approximate surface area is 173 Å². The third kappa shape index (κ3) is 2.57. The summed E-state index contributed by atoms with van der Waals surface area (Å²) < 4.78 is 5.90. The second kappa shape index (κ2) is 6.62. The number of Topliss-reactive ketones (excluding diaryl/α,β-unsaturated/α-hetero) is 1. The number of allylic oxidation sites excluding steroid dienone is 1. The molecule has 3 nitrogen and oxygen atoms in total. The molecule has 5 heteroatoms. The van der Waals surface area contributed by atoms with Crippen molar-refractivity contribution in [2.45, 2.75) is 38.4 Å². The second-order valence-corrected chi connectivity index (χ2v) is 8.66. The fraction of sp³-hybridized carbons (Fsp3) is 0.348. The van der Waals surface area contributed by atoms with Crippen molar-refractivity contribution in [3.63, 3.8) is 0 Å². The number of hydrogen-bond donors (Lipinski definition) is 1. The molecule has 3 aliphatic rings. The summed E-state index contributed by atoms with van der Waals surface area (Å²) in [5.74, 6) is -0.199. The zero-order valence-corrected chi connectivity index (χ0v) is 16.9. The van der Waals surface area contributed by atoms with Gasteiger partial charge in [-0.2, -0.15) is 0 Å². The zero-order valence-electron chi connectivity index (χ0n) is 15.4. The number of halogens is 2. The van der Waals surface area contributed by atoms with Gasteiger partial charge >= 0.3 is 0 Å². The normalized spacial score (nSPS) is 28.3. The molecule has 2 aromatic rings. The molecule has 5 rings (SSSR count). The molecular weight excluding hydrogens is 395 g/mol. The first-order chi connectivity index (χ1) is 13.5. The van der Waals surface area contributed by atoms with Crippen molar-refractivity contribution in [3.8, 4) is 11.1 Å². The van der Waals surface area contributed by atoms with Crippen molar-refractivity contribution in [2.75, 3.05) is 0 Å². The van der Waals surface area contributed by atoms with Crippen molar-refractivity contribution in [1.82, 2.24) is 0 Å². The fourth-order valence-electron chi connectivity index (χ4n) is 5.10. The molecule has 0 unspecified atom stereocenters. The molecule has 0 aromatic heterocycles. The van der Waals surface area contributed by atoms with Gasteiger partial charge in [-0.3, -0.25) is 4.79 Å². The Kier molecular flexibility index (Phi) is 4.31. The van der Waals surface area contributed by atoms with Crippen molar-refractivity contribution < 1.29 is 14.6 Å². The smallest absolute Gasteiger partial charge is 0.173 e. The van der Waals surface area contributed by atoms with Crippen LogP contribution in [-0.2, 0) is 16.0 Å². The van der Waals surface area contributed by atoms with Crippen LogP contribution in [0.4, 0.5) is 0 Å². The van der Waals surface area contributed by atoms with E-state index in [-0.39, 0.29) is 35.6 Å². The molecule has 0 saturated carbocycles. The van der Waals surface area contributed by atoms with E-state index in [2.05, 4.69) is 6.92 Å². The van der Waals surface area contributed by atoms with E-state index in [9.17, 15) is 9.90 Å². The lowest BCUT2D eigenvalue weighted by molar-refractivity contribution is -0.118. The lowest BCUT2D eigenvalue weighted by Crippen LogP contribution is -2.29. The molecule has 2 bridgehead atoms. The molecule has 28 heavy (non-hydrogen) atoms.